The smallest absolute Gasteiger partial charge is 0.284 e. The standard InChI is InChI=1S/C20H21N3O3S/c1-21(12-16-8-10-17(27-2)11-9-16)14-23-19(25)18(24)22(20(23)26)13-15-6-4-3-5-7-15/h3-11H,12-14H2,1-2H3. The summed E-state index contributed by atoms with van der Waals surface area (Å²) < 4.78 is 0. The minimum absolute atomic E-state index is 0.0684. The van der Waals surface area contributed by atoms with Crippen LogP contribution in [-0.2, 0) is 22.7 Å². The first kappa shape index (κ1) is 19.1. The molecule has 27 heavy (non-hydrogen) atoms. The van der Waals surface area contributed by atoms with Gasteiger partial charge in [-0.1, -0.05) is 42.5 Å². The molecule has 1 saturated heterocycles. The van der Waals surface area contributed by atoms with Gasteiger partial charge in [0.15, 0.2) is 0 Å². The molecule has 4 amide bonds. The average Bonchev–Trinajstić information content (AvgIpc) is 2.87. The number of hydrogen-bond donors (Lipinski definition) is 0. The number of hydrogen-bond acceptors (Lipinski definition) is 5. The lowest BCUT2D eigenvalue weighted by molar-refractivity contribution is -0.144. The van der Waals surface area contributed by atoms with E-state index in [2.05, 4.69) is 0 Å². The molecule has 0 bridgehead atoms. The summed E-state index contributed by atoms with van der Waals surface area (Å²) in [5.74, 6) is -1.55. The van der Waals surface area contributed by atoms with Gasteiger partial charge >= 0.3 is 17.8 Å². The summed E-state index contributed by atoms with van der Waals surface area (Å²) in [5.41, 5.74) is 1.87. The van der Waals surface area contributed by atoms with Crippen LogP contribution in [0.3, 0.4) is 0 Å². The van der Waals surface area contributed by atoms with E-state index in [0.717, 1.165) is 20.9 Å². The molecule has 140 valence electrons. The Morgan fingerprint density at radius 2 is 1.48 bits per heavy atom. The molecule has 1 fully saturated rings. The molecular weight excluding hydrogens is 362 g/mol. The Kier molecular flexibility index (Phi) is 5.93. The maximum absolute atomic E-state index is 12.6. The number of urea groups is 1. The third-order valence-corrected chi connectivity index (χ3v) is 5.06. The molecule has 0 atom stereocenters. The maximum atomic E-state index is 12.6. The van der Waals surface area contributed by atoms with E-state index in [1.807, 2.05) is 72.8 Å². The van der Waals surface area contributed by atoms with Gasteiger partial charge in [0.1, 0.15) is 0 Å². The van der Waals surface area contributed by atoms with Gasteiger partial charge in [0.25, 0.3) is 0 Å². The molecule has 0 saturated carbocycles. The van der Waals surface area contributed by atoms with Crippen molar-refractivity contribution < 1.29 is 14.4 Å². The van der Waals surface area contributed by atoms with Crippen LogP contribution >= 0.6 is 11.8 Å². The first-order valence-corrected chi connectivity index (χ1v) is 9.75. The predicted octanol–water partition coefficient (Wildman–Crippen LogP) is 2.79. The number of benzene rings is 2. The fraction of sp³-hybridized carbons (Fsp3) is 0.250. The van der Waals surface area contributed by atoms with Crippen LogP contribution in [0.5, 0.6) is 0 Å². The van der Waals surface area contributed by atoms with Crippen LogP contribution in [0.1, 0.15) is 11.1 Å². The fourth-order valence-electron chi connectivity index (χ4n) is 2.91. The van der Waals surface area contributed by atoms with Crippen LogP contribution in [0.4, 0.5) is 4.79 Å². The van der Waals surface area contributed by atoms with E-state index in [4.69, 9.17) is 0 Å². The van der Waals surface area contributed by atoms with Crippen LogP contribution in [0.25, 0.3) is 0 Å². The summed E-state index contributed by atoms with van der Waals surface area (Å²) >= 11 is 1.67. The largest absolute Gasteiger partial charge is 0.335 e. The summed E-state index contributed by atoms with van der Waals surface area (Å²) in [5, 5.41) is 0. The molecule has 0 N–H and O–H groups in total. The molecule has 6 nitrogen and oxygen atoms in total. The van der Waals surface area contributed by atoms with Gasteiger partial charge in [0.05, 0.1) is 13.2 Å². The lowest BCUT2D eigenvalue weighted by atomic mass is 10.2. The van der Waals surface area contributed by atoms with Crippen molar-refractivity contribution in [2.75, 3.05) is 20.0 Å². The van der Waals surface area contributed by atoms with Crippen molar-refractivity contribution in [2.24, 2.45) is 0 Å². The van der Waals surface area contributed by atoms with Crippen LogP contribution in [-0.4, -0.2) is 52.5 Å². The fourth-order valence-corrected chi connectivity index (χ4v) is 3.32. The van der Waals surface area contributed by atoms with Crippen LogP contribution < -0.4 is 0 Å². The zero-order valence-electron chi connectivity index (χ0n) is 15.3. The number of imide groups is 2. The summed E-state index contributed by atoms with van der Waals surface area (Å²) in [6.07, 6.45) is 2.02. The van der Waals surface area contributed by atoms with Crippen LogP contribution in [0.2, 0.25) is 0 Å². The molecule has 0 radical (unpaired) electrons. The third-order valence-electron chi connectivity index (χ3n) is 4.31. The van der Waals surface area contributed by atoms with Crippen molar-refractivity contribution >= 4 is 29.6 Å². The second-order valence-electron chi connectivity index (χ2n) is 6.40. The Bertz CT molecular complexity index is 839. The zero-order chi connectivity index (χ0) is 19.4. The van der Waals surface area contributed by atoms with E-state index in [1.54, 1.807) is 11.8 Å². The highest BCUT2D eigenvalue weighted by molar-refractivity contribution is 7.98. The topological polar surface area (TPSA) is 60.9 Å². The lowest BCUT2D eigenvalue weighted by Crippen LogP contribution is -2.40. The van der Waals surface area contributed by atoms with E-state index in [-0.39, 0.29) is 13.2 Å². The minimum Gasteiger partial charge on any atom is -0.284 e. The van der Waals surface area contributed by atoms with E-state index in [9.17, 15) is 14.4 Å². The van der Waals surface area contributed by atoms with Crippen LogP contribution in [0, 0.1) is 0 Å². The summed E-state index contributed by atoms with van der Waals surface area (Å²) in [7, 11) is 1.81. The van der Waals surface area contributed by atoms with Gasteiger partial charge in [-0.05, 0) is 36.6 Å². The van der Waals surface area contributed by atoms with E-state index < -0.39 is 17.8 Å². The number of carbonyl (C=O) groups is 3. The van der Waals surface area contributed by atoms with Gasteiger partial charge in [-0.15, -0.1) is 11.8 Å². The van der Waals surface area contributed by atoms with E-state index >= 15 is 0 Å². The second kappa shape index (κ2) is 8.37. The quantitative estimate of drug-likeness (QED) is 0.418. The van der Waals surface area contributed by atoms with Gasteiger partial charge < -0.3 is 0 Å². The molecule has 0 unspecified atom stereocenters. The van der Waals surface area contributed by atoms with E-state index in [0.29, 0.717) is 6.54 Å². The number of rotatable bonds is 7. The van der Waals surface area contributed by atoms with Crippen molar-refractivity contribution in [1.82, 2.24) is 14.7 Å². The molecule has 2 aromatic carbocycles. The molecule has 7 heteroatoms. The number of thioether (sulfide) groups is 1. The number of carbonyl (C=O) groups excluding carboxylic acids is 3. The van der Waals surface area contributed by atoms with Gasteiger partial charge in [0.2, 0.25) is 0 Å². The summed E-state index contributed by atoms with van der Waals surface area (Å²) in [6, 6.07) is 16.7. The molecule has 3 rings (SSSR count). The van der Waals surface area contributed by atoms with Crippen molar-refractivity contribution in [3.8, 4) is 0 Å². The van der Waals surface area contributed by atoms with Gasteiger partial charge in [-0.3, -0.25) is 19.4 Å². The highest BCUT2D eigenvalue weighted by Gasteiger charge is 2.44. The lowest BCUT2D eigenvalue weighted by Gasteiger charge is -2.22. The molecule has 1 heterocycles. The normalized spacial score (nSPS) is 14.6. The van der Waals surface area contributed by atoms with Gasteiger partial charge in [-0.2, -0.15) is 0 Å². The molecule has 0 aromatic heterocycles. The van der Waals surface area contributed by atoms with Crippen molar-refractivity contribution in [2.45, 2.75) is 18.0 Å². The minimum atomic E-state index is -0.777. The molecule has 2 aromatic rings. The first-order valence-electron chi connectivity index (χ1n) is 8.52. The molecule has 1 aliphatic rings. The van der Waals surface area contributed by atoms with Gasteiger partial charge in [0, 0.05) is 11.4 Å². The Labute approximate surface area is 162 Å². The highest BCUT2D eigenvalue weighted by Crippen LogP contribution is 2.18. The Morgan fingerprint density at radius 1 is 0.852 bits per heavy atom. The monoisotopic (exact) mass is 383 g/mol. The van der Waals surface area contributed by atoms with Crippen LogP contribution in [0.15, 0.2) is 59.5 Å². The molecule has 1 aliphatic heterocycles. The Balaban J connectivity index is 1.64. The third kappa shape index (κ3) is 4.37. The van der Waals surface area contributed by atoms with Crippen molar-refractivity contribution in [3.05, 3.63) is 65.7 Å². The average molecular weight is 383 g/mol. The highest BCUT2D eigenvalue weighted by atomic mass is 32.2. The van der Waals surface area contributed by atoms with E-state index in [1.165, 1.54) is 4.90 Å². The number of amides is 4. The SMILES string of the molecule is CSc1ccc(CN(C)CN2C(=O)C(=O)N(Cc3ccccc3)C2=O)cc1. The summed E-state index contributed by atoms with van der Waals surface area (Å²) in [4.78, 5) is 42.1. The Hall–Kier alpha value is -2.64. The molecular formula is C20H21N3O3S. The Morgan fingerprint density at radius 3 is 2.11 bits per heavy atom. The summed E-state index contributed by atoms with van der Waals surface area (Å²) in [6.45, 7) is 0.734. The zero-order valence-corrected chi connectivity index (χ0v) is 16.1. The first-order chi connectivity index (χ1) is 13.0. The maximum Gasteiger partial charge on any atom is 0.335 e. The second-order valence-corrected chi connectivity index (χ2v) is 7.28. The number of nitrogens with zero attached hydrogens (tertiary/aromatic N) is 3. The molecule has 0 spiro atoms. The predicted molar refractivity (Wildman–Crippen MR) is 104 cm³/mol. The molecule has 0 aliphatic carbocycles. The van der Waals surface area contributed by atoms with Gasteiger partial charge in [-0.25, -0.2) is 9.69 Å². The van der Waals surface area contributed by atoms with Crippen molar-refractivity contribution in [1.29, 1.82) is 0 Å². The van der Waals surface area contributed by atoms with Crippen molar-refractivity contribution in [3.63, 3.8) is 0 Å².